The Morgan fingerprint density at radius 1 is 1.12 bits per heavy atom. The third-order valence-electron chi connectivity index (χ3n) is 4.29. The molecule has 0 fully saturated rings. The molecule has 0 unspecified atom stereocenters. The first-order valence-electron chi connectivity index (χ1n) is 9.52. The molecule has 1 rings (SSSR count). The van der Waals surface area contributed by atoms with Gasteiger partial charge < -0.3 is 10.0 Å². The minimum atomic E-state index is -0.0778. The molecule has 0 heterocycles. The number of hydrogen-bond donors (Lipinski definition) is 2. The molecule has 0 aliphatic carbocycles. The third kappa shape index (κ3) is 8.05. The zero-order valence-corrected chi connectivity index (χ0v) is 15.9. The van der Waals surface area contributed by atoms with Crippen LogP contribution in [0.15, 0.2) is 23.3 Å². The topological polar surface area (TPSA) is 64.9 Å². The van der Waals surface area contributed by atoms with Crippen LogP contribution in [0.3, 0.4) is 0 Å². The van der Waals surface area contributed by atoms with Crippen LogP contribution < -0.4 is 10.3 Å². The van der Waals surface area contributed by atoms with Crippen molar-refractivity contribution in [3.63, 3.8) is 0 Å². The first kappa shape index (κ1) is 21.0. The van der Waals surface area contributed by atoms with Crippen molar-refractivity contribution in [2.24, 2.45) is 5.10 Å². The number of carbonyl (C=O) groups excluding carboxylic acids is 1. The Bertz CT molecular complexity index is 540. The van der Waals surface area contributed by atoms with Crippen molar-refractivity contribution in [3.05, 3.63) is 23.8 Å². The number of hydrogen-bond acceptors (Lipinski definition) is 4. The van der Waals surface area contributed by atoms with Gasteiger partial charge in [-0.3, -0.25) is 4.79 Å². The second kappa shape index (κ2) is 12.3. The van der Waals surface area contributed by atoms with E-state index in [0.717, 1.165) is 31.6 Å². The Balaban J connectivity index is 2.39. The van der Waals surface area contributed by atoms with Gasteiger partial charge in [0.1, 0.15) is 5.75 Å². The van der Waals surface area contributed by atoms with Gasteiger partial charge in [0.2, 0.25) is 5.91 Å². The van der Waals surface area contributed by atoms with Crippen molar-refractivity contribution in [1.82, 2.24) is 5.43 Å². The highest BCUT2D eigenvalue weighted by Crippen LogP contribution is 2.23. The number of anilines is 1. The van der Waals surface area contributed by atoms with Crippen LogP contribution in [0.5, 0.6) is 5.75 Å². The summed E-state index contributed by atoms with van der Waals surface area (Å²) in [6.45, 7) is 8.13. The van der Waals surface area contributed by atoms with Gasteiger partial charge in [-0.25, -0.2) is 5.43 Å². The van der Waals surface area contributed by atoms with E-state index >= 15 is 0 Å². The predicted octanol–water partition coefficient (Wildman–Crippen LogP) is 4.44. The zero-order chi connectivity index (χ0) is 18.5. The molecule has 0 atom stereocenters. The summed E-state index contributed by atoms with van der Waals surface area (Å²) in [6, 6.07) is 5.49. The standard InChI is InChI=1S/C20H33N3O2/c1-4-7-8-9-10-11-12-20(25)22-21-16-17-13-14-18(15-19(17)24)23(5-2)6-3/h13-16,24H,4-12H2,1-3H3,(H,22,25)/b21-16+. The maximum atomic E-state index is 11.7. The van der Waals surface area contributed by atoms with Crippen LogP contribution in [0.25, 0.3) is 0 Å². The summed E-state index contributed by atoms with van der Waals surface area (Å²) in [5.74, 6) is 0.0873. The largest absolute Gasteiger partial charge is 0.507 e. The lowest BCUT2D eigenvalue weighted by Gasteiger charge is -2.21. The van der Waals surface area contributed by atoms with Gasteiger partial charge in [-0.15, -0.1) is 0 Å². The van der Waals surface area contributed by atoms with Crippen LogP contribution in [-0.4, -0.2) is 30.3 Å². The summed E-state index contributed by atoms with van der Waals surface area (Å²) < 4.78 is 0. The second-order valence-corrected chi connectivity index (χ2v) is 6.23. The van der Waals surface area contributed by atoms with E-state index in [2.05, 4.69) is 36.2 Å². The molecule has 1 aromatic rings. The Morgan fingerprint density at radius 2 is 1.80 bits per heavy atom. The minimum Gasteiger partial charge on any atom is -0.507 e. The molecule has 0 aromatic heterocycles. The number of nitrogens with zero attached hydrogens (tertiary/aromatic N) is 2. The maximum absolute atomic E-state index is 11.7. The molecule has 0 radical (unpaired) electrons. The molecule has 0 bridgehead atoms. The van der Waals surface area contributed by atoms with Gasteiger partial charge >= 0.3 is 0 Å². The van der Waals surface area contributed by atoms with Crippen LogP contribution in [0, 0.1) is 0 Å². The fraction of sp³-hybridized carbons (Fsp3) is 0.600. The van der Waals surface area contributed by atoms with Crippen LogP contribution in [-0.2, 0) is 4.79 Å². The number of aromatic hydroxyl groups is 1. The number of phenols is 1. The summed E-state index contributed by atoms with van der Waals surface area (Å²) in [7, 11) is 0. The van der Waals surface area contributed by atoms with Crippen LogP contribution in [0.1, 0.15) is 71.3 Å². The van der Waals surface area contributed by atoms with E-state index in [1.807, 2.05) is 12.1 Å². The van der Waals surface area contributed by atoms with Gasteiger partial charge in [0.05, 0.1) is 6.21 Å². The Hall–Kier alpha value is -2.04. The highest BCUT2D eigenvalue weighted by Gasteiger charge is 2.06. The molecule has 0 aliphatic rings. The number of amides is 1. The fourth-order valence-electron chi connectivity index (χ4n) is 2.72. The molecule has 2 N–H and O–H groups in total. The Kier molecular flexibility index (Phi) is 10.4. The van der Waals surface area contributed by atoms with Crippen molar-refractivity contribution in [1.29, 1.82) is 0 Å². The second-order valence-electron chi connectivity index (χ2n) is 6.23. The molecule has 5 heteroatoms. The van der Waals surface area contributed by atoms with Gasteiger partial charge in [0.15, 0.2) is 0 Å². The third-order valence-corrected chi connectivity index (χ3v) is 4.29. The molecule has 0 saturated carbocycles. The number of hydrazone groups is 1. The van der Waals surface area contributed by atoms with Crippen molar-refractivity contribution >= 4 is 17.8 Å². The number of carbonyl (C=O) groups is 1. The van der Waals surface area contributed by atoms with Crippen LogP contribution >= 0.6 is 0 Å². The first-order chi connectivity index (χ1) is 12.1. The van der Waals surface area contributed by atoms with E-state index in [-0.39, 0.29) is 11.7 Å². The lowest BCUT2D eigenvalue weighted by atomic mass is 10.1. The van der Waals surface area contributed by atoms with Gasteiger partial charge in [0, 0.05) is 36.8 Å². The quantitative estimate of drug-likeness (QED) is 0.334. The Labute approximate surface area is 152 Å². The fourth-order valence-corrected chi connectivity index (χ4v) is 2.72. The molecule has 1 aromatic carbocycles. The molecule has 140 valence electrons. The van der Waals surface area contributed by atoms with E-state index in [1.54, 1.807) is 6.07 Å². The average Bonchev–Trinajstić information content (AvgIpc) is 2.61. The van der Waals surface area contributed by atoms with E-state index in [4.69, 9.17) is 0 Å². The van der Waals surface area contributed by atoms with Gasteiger partial charge in [-0.05, 0) is 32.4 Å². The van der Waals surface area contributed by atoms with Crippen molar-refractivity contribution in [3.8, 4) is 5.75 Å². The normalized spacial score (nSPS) is 11.0. The van der Waals surface area contributed by atoms with E-state index in [0.29, 0.717) is 12.0 Å². The molecule has 0 spiro atoms. The lowest BCUT2D eigenvalue weighted by Crippen LogP contribution is -2.21. The van der Waals surface area contributed by atoms with Gasteiger partial charge in [-0.1, -0.05) is 39.0 Å². The van der Waals surface area contributed by atoms with E-state index < -0.39 is 0 Å². The summed E-state index contributed by atoms with van der Waals surface area (Å²) in [5.41, 5.74) is 4.10. The van der Waals surface area contributed by atoms with Crippen molar-refractivity contribution in [2.75, 3.05) is 18.0 Å². The zero-order valence-electron chi connectivity index (χ0n) is 15.9. The van der Waals surface area contributed by atoms with Crippen LogP contribution in [0.2, 0.25) is 0 Å². The van der Waals surface area contributed by atoms with Crippen LogP contribution in [0.4, 0.5) is 5.69 Å². The van der Waals surface area contributed by atoms with E-state index in [9.17, 15) is 9.90 Å². The molecule has 5 nitrogen and oxygen atoms in total. The molecule has 25 heavy (non-hydrogen) atoms. The number of phenolic OH excluding ortho intramolecular Hbond substituents is 1. The number of benzene rings is 1. The molecular formula is C20H33N3O2. The van der Waals surface area contributed by atoms with Crippen molar-refractivity contribution in [2.45, 2.75) is 65.7 Å². The van der Waals surface area contributed by atoms with Crippen molar-refractivity contribution < 1.29 is 9.90 Å². The highest BCUT2D eigenvalue weighted by molar-refractivity contribution is 5.86. The lowest BCUT2D eigenvalue weighted by molar-refractivity contribution is -0.121. The summed E-state index contributed by atoms with van der Waals surface area (Å²) in [5, 5.41) is 14.1. The Morgan fingerprint density at radius 3 is 2.44 bits per heavy atom. The number of unbranched alkanes of at least 4 members (excludes halogenated alkanes) is 5. The van der Waals surface area contributed by atoms with Gasteiger partial charge in [0.25, 0.3) is 0 Å². The molecule has 1 amide bonds. The SMILES string of the molecule is CCCCCCCCC(=O)N/N=C/c1ccc(N(CC)CC)cc1O. The number of nitrogens with one attached hydrogen (secondary N) is 1. The van der Waals surface area contributed by atoms with Gasteiger partial charge in [-0.2, -0.15) is 5.10 Å². The summed E-state index contributed by atoms with van der Waals surface area (Å²) in [6.07, 6.45) is 8.91. The monoisotopic (exact) mass is 347 g/mol. The molecular weight excluding hydrogens is 314 g/mol. The summed E-state index contributed by atoms with van der Waals surface area (Å²) >= 11 is 0. The predicted molar refractivity (Wildman–Crippen MR) is 105 cm³/mol. The molecule has 0 saturated heterocycles. The average molecular weight is 348 g/mol. The first-order valence-corrected chi connectivity index (χ1v) is 9.52. The van der Waals surface area contributed by atoms with E-state index in [1.165, 1.54) is 31.9 Å². The smallest absolute Gasteiger partial charge is 0.240 e. The minimum absolute atomic E-state index is 0.0778. The highest BCUT2D eigenvalue weighted by atomic mass is 16.3. The number of rotatable bonds is 12. The maximum Gasteiger partial charge on any atom is 0.240 e. The molecule has 0 aliphatic heterocycles. The summed E-state index contributed by atoms with van der Waals surface area (Å²) in [4.78, 5) is 13.9.